The molecule has 5 rings (SSSR count). The Kier molecular flexibility index (Phi) is 6.25. The zero-order chi connectivity index (χ0) is 23.9. The minimum atomic E-state index is -3.20. The van der Waals surface area contributed by atoms with E-state index >= 15 is 0 Å². The number of rotatable bonds is 6. The van der Waals surface area contributed by atoms with E-state index in [4.69, 9.17) is 16.1 Å². The summed E-state index contributed by atoms with van der Waals surface area (Å²) in [5, 5.41) is 5.84. The van der Waals surface area contributed by atoms with Crippen molar-refractivity contribution in [2.24, 2.45) is 5.92 Å². The Morgan fingerprint density at radius 2 is 1.88 bits per heavy atom. The molecule has 1 aliphatic carbocycles. The monoisotopic (exact) mass is 498 g/mol. The van der Waals surface area contributed by atoms with Crippen LogP contribution in [0.3, 0.4) is 0 Å². The molecule has 4 aromatic rings. The molecule has 178 valence electrons. The summed E-state index contributed by atoms with van der Waals surface area (Å²) >= 11 is 6.54. The first-order valence-corrected chi connectivity index (χ1v) is 13.9. The maximum atomic E-state index is 13.6. The second-order valence-electron chi connectivity index (χ2n) is 9.32. The largest absolute Gasteiger partial charge is 0.360 e. The van der Waals surface area contributed by atoms with Crippen LogP contribution in [0, 0.1) is 12.8 Å². The van der Waals surface area contributed by atoms with E-state index in [-0.39, 0.29) is 29.0 Å². The maximum Gasteiger partial charge on any atom is 0.264 e. The van der Waals surface area contributed by atoms with Gasteiger partial charge in [-0.1, -0.05) is 66.0 Å². The van der Waals surface area contributed by atoms with Crippen molar-refractivity contribution in [1.29, 1.82) is 0 Å². The van der Waals surface area contributed by atoms with Gasteiger partial charge in [-0.2, -0.15) is 0 Å². The van der Waals surface area contributed by atoms with Gasteiger partial charge in [0.05, 0.1) is 22.0 Å². The predicted molar refractivity (Wildman–Crippen MR) is 135 cm³/mol. The molecule has 2 aromatic carbocycles. The minimum absolute atomic E-state index is 0.0252. The molecular weight excluding hydrogens is 472 g/mol. The highest BCUT2D eigenvalue weighted by Crippen LogP contribution is 2.38. The summed E-state index contributed by atoms with van der Waals surface area (Å²) in [7, 11) is -3.20. The SMILES string of the molecule is Cc1onc2c1c(=O)n(C1CCCC(CCS(=O)(=O)Cc3ccccc3)C1)c1cccc(Cl)c21. The first kappa shape index (κ1) is 23.1. The number of nitrogens with zero attached hydrogens (tertiary/aromatic N) is 2. The van der Waals surface area contributed by atoms with Crippen LogP contribution in [-0.2, 0) is 15.6 Å². The van der Waals surface area contributed by atoms with Crippen LogP contribution in [-0.4, -0.2) is 23.9 Å². The van der Waals surface area contributed by atoms with Gasteiger partial charge in [-0.3, -0.25) is 4.79 Å². The van der Waals surface area contributed by atoms with Crippen LogP contribution < -0.4 is 5.56 Å². The molecule has 2 aromatic heterocycles. The first-order valence-electron chi connectivity index (χ1n) is 11.7. The molecule has 0 N–H and O–H groups in total. The Bertz CT molecular complexity index is 1510. The smallest absolute Gasteiger partial charge is 0.264 e. The third kappa shape index (κ3) is 4.39. The molecule has 0 amide bonds. The average Bonchev–Trinajstić information content (AvgIpc) is 3.20. The molecule has 34 heavy (non-hydrogen) atoms. The molecule has 0 saturated heterocycles. The third-order valence-electron chi connectivity index (χ3n) is 6.97. The highest BCUT2D eigenvalue weighted by molar-refractivity contribution is 7.90. The fourth-order valence-corrected chi connectivity index (χ4v) is 7.14. The van der Waals surface area contributed by atoms with Gasteiger partial charge in [0.25, 0.3) is 5.56 Å². The number of sulfone groups is 1. The lowest BCUT2D eigenvalue weighted by Gasteiger charge is -2.31. The van der Waals surface area contributed by atoms with Gasteiger partial charge in [0, 0.05) is 11.4 Å². The molecular formula is C26H27ClN2O4S. The summed E-state index contributed by atoms with van der Waals surface area (Å²) in [6.45, 7) is 1.74. The Hall–Kier alpha value is -2.64. The number of aromatic nitrogens is 2. The second-order valence-corrected chi connectivity index (χ2v) is 11.9. The predicted octanol–water partition coefficient (Wildman–Crippen LogP) is 5.84. The van der Waals surface area contributed by atoms with Crippen molar-refractivity contribution < 1.29 is 12.9 Å². The van der Waals surface area contributed by atoms with Gasteiger partial charge in [0.2, 0.25) is 0 Å². The van der Waals surface area contributed by atoms with Gasteiger partial charge < -0.3 is 9.09 Å². The molecule has 1 saturated carbocycles. The number of hydrogen-bond donors (Lipinski definition) is 0. The topological polar surface area (TPSA) is 82.2 Å². The van der Waals surface area contributed by atoms with Crippen molar-refractivity contribution in [3.05, 3.63) is 75.2 Å². The Balaban J connectivity index is 1.42. The highest BCUT2D eigenvalue weighted by atomic mass is 35.5. The number of hydrogen-bond acceptors (Lipinski definition) is 5. The molecule has 0 spiro atoms. The number of halogens is 1. The van der Waals surface area contributed by atoms with Gasteiger partial charge in [0.15, 0.2) is 9.84 Å². The summed E-state index contributed by atoms with van der Waals surface area (Å²) in [6.07, 6.45) is 4.15. The van der Waals surface area contributed by atoms with E-state index in [1.54, 1.807) is 13.0 Å². The van der Waals surface area contributed by atoms with Crippen molar-refractivity contribution in [3.8, 4) is 0 Å². The Morgan fingerprint density at radius 1 is 1.09 bits per heavy atom. The van der Waals surface area contributed by atoms with E-state index in [1.165, 1.54) is 0 Å². The molecule has 2 unspecified atom stereocenters. The maximum absolute atomic E-state index is 13.6. The summed E-state index contributed by atoms with van der Waals surface area (Å²) in [5.74, 6) is 0.945. The summed E-state index contributed by atoms with van der Waals surface area (Å²) in [6, 6.07) is 14.8. The van der Waals surface area contributed by atoms with Gasteiger partial charge in [-0.05, 0) is 49.8 Å². The molecule has 0 aliphatic heterocycles. The van der Waals surface area contributed by atoms with Crippen LogP contribution >= 0.6 is 11.6 Å². The quantitative estimate of drug-likeness (QED) is 0.333. The fraction of sp³-hybridized carbons (Fsp3) is 0.385. The van der Waals surface area contributed by atoms with Crippen LogP contribution in [0.15, 0.2) is 57.8 Å². The van der Waals surface area contributed by atoms with Crippen molar-refractivity contribution in [2.45, 2.75) is 50.8 Å². The van der Waals surface area contributed by atoms with Crippen LogP contribution in [0.25, 0.3) is 21.8 Å². The van der Waals surface area contributed by atoms with Crippen molar-refractivity contribution in [1.82, 2.24) is 9.72 Å². The van der Waals surface area contributed by atoms with E-state index in [2.05, 4.69) is 5.16 Å². The standard InChI is InChI=1S/C26H27ClN2O4S/c1-17-23-25(28-33-17)24-21(27)11-6-12-22(24)29(26(23)30)20-10-5-9-18(15-20)13-14-34(31,32)16-19-7-3-2-4-8-19/h2-4,6-8,11-12,18,20H,5,9-10,13-16H2,1H3. The number of pyridine rings is 1. The van der Waals surface area contributed by atoms with Crippen LogP contribution in [0.4, 0.5) is 0 Å². The molecule has 6 nitrogen and oxygen atoms in total. The number of aryl methyl sites for hydroxylation is 1. The molecule has 2 heterocycles. The Morgan fingerprint density at radius 3 is 2.68 bits per heavy atom. The summed E-state index contributed by atoms with van der Waals surface area (Å²) in [4.78, 5) is 13.6. The van der Waals surface area contributed by atoms with Gasteiger partial charge in [0.1, 0.15) is 16.7 Å². The van der Waals surface area contributed by atoms with E-state index < -0.39 is 9.84 Å². The lowest BCUT2D eigenvalue weighted by Crippen LogP contribution is -2.30. The van der Waals surface area contributed by atoms with E-state index in [1.807, 2.05) is 47.0 Å². The first-order chi connectivity index (χ1) is 16.3. The molecule has 0 bridgehead atoms. The van der Waals surface area contributed by atoms with Crippen molar-refractivity contribution in [2.75, 3.05) is 5.75 Å². The minimum Gasteiger partial charge on any atom is -0.360 e. The van der Waals surface area contributed by atoms with E-state index in [0.29, 0.717) is 28.1 Å². The van der Waals surface area contributed by atoms with Gasteiger partial charge in [-0.25, -0.2) is 8.42 Å². The fourth-order valence-electron chi connectivity index (χ4n) is 5.34. The molecule has 0 radical (unpaired) electrons. The van der Waals surface area contributed by atoms with E-state index in [9.17, 15) is 13.2 Å². The van der Waals surface area contributed by atoms with Gasteiger partial charge in [-0.15, -0.1) is 0 Å². The van der Waals surface area contributed by atoms with Crippen LogP contribution in [0.1, 0.15) is 49.5 Å². The van der Waals surface area contributed by atoms with Gasteiger partial charge >= 0.3 is 0 Å². The molecule has 2 atom stereocenters. The molecule has 8 heteroatoms. The lowest BCUT2D eigenvalue weighted by molar-refractivity contribution is 0.263. The third-order valence-corrected chi connectivity index (χ3v) is 8.92. The zero-order valence-electron chi connectivity index (χ0n) is 19.0. The summed E-state index contributed by atoms with van der Waals surface area (Å²) < 4.78 is 32.7. The van der Waals surface area contributed by atoms with E-state index in [0.717, 1.165) is 42.1 Å². The van der Waals surface area contributed by atoms with Crippen LogP contribution in [0.5, 0.6) is 0 Å². The average molecular weight is 499 g/mol. The number of benzene rings is 2. The zero-order valence-corrected chi connectivity index (χ0v) is 20.6. The van der Waals surface area contributed by atoms with Crippen molar-refractivity contribution >= 4 is 43.2 Å². The highest BCUT2D eigenvalue weighted by Gasteiger charge is 2.29. The molecule has 1 fully saturated rings. The Labute approximate surface area is 203 Å². The second kappa shape index (κ2) is 9.19. The summed E-state index contributed by atoms with van der Waals surface area (Å²) in [5.41, 5.74) is 1.95. The van der Waals surface area contributed by atoms with Crippen molar-refractivity contribution in [3.63, 3.8) is 0 Å². The number of fused-ring (bicyclic) bond motifs is 3. The lowest BCUT2D eigenvalue weighted by atomic mass is 9.83. The molecule has 1 aliphatic rings. The normalized spacial score (nSPS) is 19.1. The van der Waals surface area contributed by atoms with Crippen LogP contribution in [0.2, 0.25) is 5.02 Å².